The highest BCUT2D eigenvalue weighted by Gasteiger charge is 2.28. The molecule has 4 aromatic rings. The number of carbonyl (C=O) groups is 1. The number of aromatic amines is 1. The van der Waals surface area contributed by atoms with E-state index in [-0.39, 0.29) is 17.4 Å². The Kier molecular flexibility index (Phi) is 5.51. The molecule has 35 heavy (non-hydrogen) atoms. The molecule has 10 heteroatoms. The van der Waals surface area contributed by atoms with Gasteiger partial charge in [0.1, 0.15) is 0 Å². The third-order valence-electron chi connectivity index (χ3n) is 6.66. The Morgan fingerprint density at radius 1 is 1.11 bits per heavy atom. The lowest BCUT2D eigenvalue weighted by molar-refractivity contribution is -0.186. The predicted octanol–water partition coefficient (Wildman–Crippen LogP) is 3.44. The maximum Gasteiger partial charge on any atom is 0.274 e. The molecule has 2 aromatic heterocycles. The number of fused-ring (bicyclic) bond motifs is 5. The van der Waals surface area contributed by atoms with E-state index in [9.17, 15) is 13.2 Å². The Morgan fingerprint density at radius 2 is 1.97 bits per heavy atom. The average molecular weight is 493 g/mol. The molecule has 1 atom stereocenters. The van der Waals surface area contributed by atoms with Gasteiger partial charge in [0, 0.05) is 34.9 Å². The van der Waals surface area contributed by atoms with Crippen LogP contribution < -0.4 is 5.48 Å². The van der Waals surface area contributed by atoms with Gasteiger partial charge in [-0.25, -0.2) is 23.7 Å². The molecule has 1 saturated heterocycles. The number of nitrogens with one attached hydrogen (secondary N) is 2. The van der Waals surface area contributed by atoms with E-state index < -0.39 is 16.1 Å². The summed E-state index contributed by atoms with van der Waals surface area (Å²) < 4.78 is 30.6. The summed E-state index contributed by atoms with van der Waals surface area (Å²) >= 11 is 0. The number of aryl methyl sites for hydroxylation is 1. The van der Waals surface area contributed by atoms with E-state index >= 15 is 0 Å². The van der Waals surface area contributed by atoms with Gasteiger partial charge in [-0.15, -0.1) is 0 Å². The molecule has 0 spiro atoms. The van der Waals surface area contributed by atoms with Crippen molar-refractivity contribution < 1.29 is 22.8 Å². The highest BCUT2D eigenvalue weighted by molar-refractivity contribution is 7.90. The molecule has 2 aliphatic heterocycles. The van der Waals surface area contributed by atoms with Crippen molar-refractivity contribution in [3.05, 3.63) is 59.3 Å². The Labute approximate surface area is 201 Å². The maximum absolute atomic E-state index is 12.6. The number of aromatic nitrogens is 3. The number of carbonyl (C=O) groups excluding carboxylic acids is 1. The lowest BCUT2D eigenvalue weighted by atomic mass is 9.94. The van der Waals surface area contributed by atoms with Crippen molar-refractivity contribution in [1.82, 2.24) is 20.7 Å². The van der Waals surface area contributed by atoms with Gasteiger partial charge in [-0.3, -0.25) is 9.89 Å². The minimum absolute atomic E-state index is 0.0632. The minimum Gasteiger partial charge on any atom is -0.350 e. The van der Waals surface area contributed by atoms with Gasteiger partial charge in [0.05, 0.1) is 34.4 Å². The van der Waals surface area contributed by atoms with Crippen LogP contribution in [-0.2, 0) is 31.6 Å². The number of pyridine rings is 1. The summed E-state index contributed by atoms with van der Waals surface area (Å²) in [6, 6.07) is 10.8. The van der Waals surface area contributed by atoms with Crippen LogP contribution in [0.15, 0.2) is 42.6 Å². The zero-order chi connectivity index (χ0) is 24.0. The van der Waals surface area contributed by atoms with E-state index in [0.29, 0.717) is 29.8 Å². The first kappa shape index (κ1) is 22.1. The summed E-state index contributed by atoms with van der Waals surface area (Å²) in [7, 11) is -3.23. The second-order valence-electron chi connectivity index (χ2n) is 8.97. The topological polar surface area (TPSA) is 123 Å². The third-order valence-corrected chi connectivity index (χ3v) is 8.21. The molecule has 180 valence electrons. The lowest BCUT2D eigenvalue weighted by Crippen LogP contribution is -2.33. The van der Waals surface area contributed by atoms with Crippen LogP contribution in [0.25, 0.3) is 33.1 Å². The van der Waals surface area contributed by atoms with E-state index in [1.807, 2.05) is 12.1 Å². The Morgan fingerprint density at radius 3 is 2.77 bits per heavy atom. The van der Waals surface area contributed by atoms with E-state index in [1.54, 1.807) is 30.5 Å². The van der Waals surface area contributed by atoms with Gasteiger partial charge in [-0.1, -0.05) is 12.1 Å². The number of sulfone groups is 1. The fourth-order valence-electron chi connectivity index (χ4n) is 4.88. The normalized spacial score (nSPS) is 19.5. The predicted molar refractivity (Wildman–Crippen MR) is 130 cm³/mol. The molecular weight excluding hydrogens is 468 g/mol. The first-order valence-corrected chi connectivity index (χ1v) is 13.5. The summed E-state index contributed by atoms with van der Waals surface area (Å²) in [6.07, 6.45) is 4.50. The first-order chi connectivity index (χ1) is 17.0. The molecule has 4 heterocycles. The molecule has 2 N–H and O–H groups in total. The van der Waals surface area contributed by atoms with E-state index in [2.05, 4.69) is 15.7 Å². The highest BCUT2D eigenvalue weighted by Crippen LogP contribution is 2.37. The van der Waals surface area contributed by atoms with Crippen LogP contribution in [0.3, 0.4) is 0 Å². The van der Waals surface area contributed by atoms with Crippen molar-refractivity contribution in [3.63, 3.8) is 0 Å². The number of ether oxygens (including phenoxy) is 1. The van der Waals surface area contributed by atoms with Crippen molar-refractivity contribution in [2.45, 2.75) is 37.7 Å². The van der Waals surface area contributed by atoms with Crippen molar-refractivity contribution in [1.29, 1.82) is 0 Å². The second kappa shape index (κ2) is 8.71. The fourth-order valence-corrected chi connectivity index (χ4v) is 6.29. The standard InChI is InChI=1S/C25H24N4O5S/c30-25(29-34-22-3-1-2-11-33-22)16-6-4-15(5-7-16)24-19-14-35(31,32)12-10-17(19)23-18-13-26-28-20(18)8-9-21(23)27-24/h4-9,13,22H,1-3,10-12,14H2,(H,26,28)(H,29,30). The van der Waals surface area contributed by atoms with Gasteiger partial charge in [0.25, 0.3) is 5.91 Å². The number of amides is 1. The van der Waals surface area contributed by atoms with Gasteiger partial charge < -0.3 is 4.74 Å². The maximum atomic E-state index is 12.6. The van der Waals surface area contributed by atoms with Crippen LogP contribution in [0, 0.1) is 0 Å². The summed E-state index contributed by atoms with van der Waals surface area (Å²) in [4.78, 5) is 22.8. The van der Waals surface area contributed by atoms with Crippen LogP contribution in [-0.4, -0.2) is 48.2 Å². The largest absolute Gasteiger partial charge is 0.350 e. The van der Waals surface area contributed by atoms with E-state index in [0.717, 1.165) is 52.2 Å². The van der Waals surface area contributed by atoms with Crippen molar-refractivity contribution in [2.75, 3.05) is 12.4 Å². The number of rotatable bonds is 4. The summed E-state index contributed by atoms with van der Waals surface area (Å²) in [5.41, 5.74) is 7.64. The van der Waals surface area contributed by atoms with Crippen molar-refractivity contribution in [3.8, 4) is 11.3 Å². The highest BCUT2D eigenvalue weighted by atomic mass is 32.2. The van der Waals surface area contributed by atoms with Gasteiger partial charge in [0.2, 0.25) is 0 Å². The molecule has 9 nitrogen and oxygen atoms in total. The molecule has 2 aliphatic rings. The Hall–Kier alpha value is -3.34. The summed E-state index contributed by atoms with van der Waals surface area (Å²) in [5.74, 6) is -0.327. The number of nitrogens with zero attached hydrogens (tertiary/aromatic N) is 2. The van der Waals surface area contributed by atoms with Crippen LogP contribution in [0.2, 0.25) is 0 Å². The van der Waals surface area contributed by atoms with Crippen LogP contribution in [0.4, 0.5) is 0 Å². The molecule has 1 fully saturated rings. The molecular formula is C25H24N4O5S. The molecule has 1 unspecified atom stereocenters. The lowest BCUT2D eigenvalue weighted by Gasteiger charge is -2.22. The number of hydrogen-bond donors (Lipinski definition) is 2. The quantitative estimate of drug-likeness (QED) is 0.418. The van der Waals surface area contributed by atoms with Gasteiger partial charge in [-0.05, 0) is 54.7 Å². The second-order valence-corrected chi connectivity index (χ2v) is 11.2. The average Bonchev–Trinajstić information content (AvgIpc) is 3.36. The Balaban J connectivity index is 1.36. The van der Waals surface area contributed by atoms with Crippen LogP contribution in [0.5, 0.6) is 0 Å². The monoisotopic (exact) mass is 492 g/mol. The van der Waals surface area contributed by atoms with Crippen LogP contribution in [0.1, 0.15) is 40.7 Å². The minimum atomic E-state index is -3.23. The van der Waals surface area contributed by atoms with E-state index in [1.165, 1.54) is 0 Å². The molecule has 2 aromatic carbocycles. The van der Waals surface area contributed by atoms with Crippen molar-refractivity contribution in [2.24, 2.45) is 0 Å². The molecule has 0 aliphatic carbocycles. The summed E-state index contributed by atoms with van der Waals surface area (Å²) in [5, 5.41) is 9.01. The number of H-pyrrole nitrogens is 1. The van der Waals surface area contributed by atoms with Crippen molar-refractivity contribution >= 4 is 37.6 Å². The summed E-state index contributed by atoms with van der Waals surface area (Å²) in [6.45, 7) is 0.625. The molecule has 0 saturated carbocycles. The molecule has 6 rings (SSSR count). The fraction of sp³-hybridized carbons (Fsp3) is 0.320. The van der Waals surface area contributed by atoms with Crippen LogP contribution >= 0.6 is 0 Å². The third kappa shape index (κ3) is 4.18. The number of hydrogen-bond acceptors (Lipinski definition) is 7. The van der Waals surface area contributed by atoms with E-state index in [4.69, 9.17) is 14.6 Å². The zero-order valence-corrected chi connectivity index (χ0v) is 19.7. The zero-order valence-electron chi connectivity index (χ0n) is 18.9. The molecule has 0 bridgehead atoms. The number of hydroxylamine groups is 1. The molecule has 0 radical (unpaired) electrons. The van der Waals surface area contributed by atoms with Gasteiger partial charge in [-0.2, -0.15) is 5.10 Å². The molecule has 1 amide bonds. The SMILES string of the molecule is O=C(NOC1CCCCO1)c1ccc(-c2nc3ccc4[nH]ncc4c3c3c2CS(=O)(=O)CC3)cc1. The van der Waals surface area contributed by atoms with Gasteiger partial charge in [0.15, 0.2) is 16.1 Å². The number of benzene rings is 2. The van der Waals surface area contributed by atoms with Gasteiger partial charge >= 0.3 is 0 Å². The first-order valence-electron chi connectivity index (χ1n) is 11.6. The Bertz CT molecular complexity index is 1540. The smallest absolute Gasteiger partial charge is 0.274 e.